The van der Waals surface area contributed by atoms with Crippen LogP contribution in [0.5, 0.6) is 5.75 Å². The first-order chi connectivity index (χ1) is 8.97. The molecule has 0 aliphatic rings. The summed E-state index contributed by atoms with van der Waals surface area (Å²) in [4.78, 5) is 2.10. The van der Waals surface area contributed by atoms with E-state index < -0.39 is 0 Å². The van der Waals surface area contributed by atoms with E-state index >= 15 is 0 Å². The van der Waals surface area contributed by atoms with Gasteiger partial charge in [0.05, 0.1) is 13.7 Å². The summed E-state index contributed by atoms with van der Waals surface area (Å²) in [6, 6.07) is 6.10. The number of methoxy groups -OCH3 is 1. The standard InChI is InChI=1S/C15H26N2O2/c1-11(2)12-5-6-15(19-4)13(7-12)8-17(3)9-14(16)10-18/h5-7,11,14,18H,8-10,16H2,1-4H3. The van der Waals surface area contributed by atoms with Crippen LogP contribution in [0.15, 0.2) is 18.2 Å². The largest absolute Gasteiger partial charge is 0.496 e. The lowest BCUT2D eigenvalue weighted by Gasteiger charge is -2.22. The zero-order valence-electron chi connectivity index (χ0n) is 12.4. The first-order valence-electron chi connectivity index (χ1n) is 6.69. The van der Waals surface area contributed by atoms with Gasteiger partial charge in [0, 0.05) is 24.7 Å². The quantitative estimate of drug-likeness (QED) is 0.786. The second kappa shape index (κ2) is 7.48. The van der Waals surface area contributed by atoms with E-state index in [2.05, 4.69) is 30.9 Å². The third-order valence-electron chi connectivity index (χ3n) is 3.19. The van der Waals surface area contributed by atoms with E-state index in [0.717, 1.165) is 17.9 Å². The molecule has 0 aliphatic heterocycles. The van der Waals surface area contributed by atoms with Gasteiger partial charge in [-0.3, -0.25) is 0 Å². The molecule has 1 aromatic rings. The highest BCUT2D eigenvalue weighted by Crippen LogP contribution is 2.25. The SMILES string of the molecule is COc1ccc(C(C)C)cc1CN(C)CC(N)CO. The van der Waals surface area contributed by atoms with Crippen molar-refractivity contribution in [2.45, 2.75) is 32.4 Å². The molecule has 1 atom stereocenters. The summed E-state index contributed by atoms with van der Waals surface area (Å²) in [6.45, 7) is 5.78. The van der Waals surface area contributed by atoms with Crippen LogP contribution in [-0.4, -0.2) is 43.4 Å². The summed E-state index contributed by atoms with van der Waals surface area (Å²) in [5, 5.41) is 8.99. The van der Waals surface area contributed by atoms with Crippen LogP contribution in [0.3, 0.4) is 0 Å². The summed E-state index contributed by atoms with van der Waals surface area (Å²) in [5.74, 6) is 1.39. The molecule has 0 radical (unpaired) electrons. The molecule has 0 fully saturated rings. The number of aliphatic hydroxyl groups is 1. The Morgan fingerprint density at radius 2 is 2.05 bits per heavy atom. The maximum absolute atomic E-state index is 8.99. The Balaban J connectivity index is 2.82. The number of hydrogen-bond acceptors (Lipinski definition) is 4. The molecular formula is C15H26N2O2. The summed E-state index contributed by atoms with van der Waals surface area (Å²) < 4.78 is 5.40. The van der Waals surface area contributed by atoms with E-state index in [1.165, 1.54) is 5.56 Å². The van der Waals surface area contributed by atoms with Crippen molar-refractivity contribution >= 4 is 0 Å². The average Bonchev–Trinajstić information content (AvgIpc) is 2.38. The summed E-state index contributed by atoms with van der Waals surface area (Å²) in [7, 11) is 3.68. The van der Waals surface area contributed by atoms with Gasteiger partial charge in [0.25, 0.3) is 0 Å². The van der Waals surface area contributed by atoms with Crippen LogP contribution in [0.4, 0.5) is 0 Å². The van der Waals surface area contributed by atoms with Crippen molar-refractivity contribution in [1.82, 2.24) is 4.90 Å². The molecule has 0 spiro atoms. The molecular weight excluding hydrogens is 240 g/mol. The molecule has 1 rings (SSSR count). The minimum atomic E-state index is -0.204. The molecule has 0 aliphatic carbocycles. The summed E-state index contributed by atoms with van der Waals surface area (Å²) in [6.07, 6.45) is 0. The van der Waals surface area contributed by atoms with Crippen molar-refractivity contribution in [2.24, 2.45) is 5.73 Å². The second-order valence-corrected chi connectivity index (χ2v) is 5.37. The Labute approximate surface area is 116 Å². The molecule has 1 unspecified atom stereocenters. The van der Waals surface area contributed by atoms with E-state index in [-0.39, 0.29) is 12.6 Å². The molecule has 0 amide bonds. The average molecular weight is 266 g/mol. The van der Waals surface area contributed by atoms with Crippen LogP contribution in [0.25, 0.3) is 0 Å². The van der Waals surface area contributed by atoms with E-state index in [0.29, 0.717) is 12.5 Å². The monoisotopic (exact) mass is 266 g/mol. The van der Waals surface area contributed by atoms with Crippen molar-refractivity contribution in [1.29, 1.82) is 0 Å². The number of likely N-dealkylation sites (N-methyl/N-ethyl adjacent to an activating group) is 1. The zero-order chi connectivity index (χ0) is 14.4. The summed E-state index contributed by atoms with van der Waals surface area (Å²) in [5.41, 5.74) is 8.21. The first-order valence-corrected chi connectivity index (χ1v) is 6.69. The second-order valence-electron chi connectivity index (χ2n) is 5.37. The van der Waals surface area contributed by atoms with Gasteiger partial charge in [-0.2, -0.15) is 0 Å². The fraction of sp³-hybridized carbons (Fsp3) is 0.600. The van der Waals surface area contributed by atoms with Crippen molar-refractivity contribution in [3.8, 4) is 5.75 Å². The predicted molar refractivity (Wildman–Crippen MR) is 78.5 cm³/mol. The number of aliphatic hydroxyl groups excluding tert-OH is 1. The van der Waals surface area contributed by atoms with Crippen LogP contribution in [0.1, 0.15) is 30.9 Å². The Morgan fingerprint density at radius 3 is 2.58 bits per heavy atom. The van der Waals surface area contributed by atoms with Crippen LogP contribution in [0.2, 0.25) is 0 Å². The molecule has 0 bridgehead atoms. The molecule has 1 aromatic carbocycles. The molecule has 3 N–H and O–H groups in total. The molecule has 0 saturated heterocycles. The van der Waals surface area contributed by atoms with Gasteiger partial charge in [0.1, 0.15) is 5.75 Å². The minimum absolute atomic E-state index is 0.00745. The highest BCUT2D eigenvalue weighted by atomic mass is 16.5. The minimum Gasteiger partial charge on any atom is -0.496 e. The molecule has 4 nitrogen and oxygen atoms in total. The summed E-state index contributed by atoms with van der Waals surface area (Å²) >= 11 is 0. The van der Waals surface area contributed by atoms with Gasteiger partial charge in [0.2, 0.25) is 0 Å². The number of rotatable bonds is 7. The first kappa shape index (κ1) is 16.0. The molecule has 108 valence electrons. The Bertz CT molecular complexity index is 394. The number of nitrogens with two attached hydrogens (primary N) is 1. The van der Waals surface area contributed by atoms with E-state index in [1.54, 1.807) is 7.11 Å². The van der Waals surface area contributed by atoms with Crippen LogP contribution in [0, 0.1) is 0 Å². The van der Waals surface area contributed by atoms with Gasteiger partial charge in [-0.05, 0) is 24.6 Å². The smallest absolute Gasteiger partial charge is 0.123 e. The Hall–Kier alpha value is -1.10. The van der Waals surface area contributed by atoms with Crippen molar-refractivity contribution in [3.05, 3.63) is 29.3 Å². The van der Waals surface area contributed by atoms with Gasteiger partial charge in [-0.1, -0.05) is 26.0 Å². The number of benzene rings is 1. The van der Waals surface area contributed by atoms with Gasteiger partial charge < -0.3 is 20.5 Å². The number of hydrogen-bond donors (Lipinski definition) is 2. The fourth-order valence-corrected chi connectivity index (χ4v) is 2.09. The number of nitrogens with zero attached hydrogens (tertiary/aromatic N) is 1. The predicted octanol–water partition coefficient (Wildman–Crippen LogP) is 1.57. The van der Waals surface area contributed by atoms with Crippen LogP contribution in [-0.2, 0) is 6.54 Å². The van der Waals surface area contributed by atoms with Crippen molar-refractivity contribution in [3.63, 3.8) is 0 Å². The van der Waals surface area contributed by atoms with E-state index in [1.807, 2.05) is 13.1 Å². The lowest BCUT2D eigenvalue weighted by molar-refractivity contribution is 0.217. The number of ether oxygens (including phenoxy) is 1. The Kier molecular flexibility index (Phi) is 6.28. The maximum Gasteiger partial charge on any atom is 0.123 e. The van der Waals surface area contributed by atoms with Gasteiger partial charge >= 0.3 is 0 Å². The Morgan fingerprint density at radius 1 is 1.37 bits per heavy atom. The van der Waals surface area contributed by atoms with Crippen molar-refractivity contribution < 1.29 is 9.84 Å². The van der Waals surface area contributed by atoms with Gasteiger partial charge in [-0.15, -0.1) is 0 Å². The van der Waals surface area contributed by atoms with Crippen LogP contribution >= 0.6 is 0 Å². The normalized spacial score (nSPS) is 13.1. The highest BCUT2D eigenvalue weighted by Gasteiger charge is 2.11. The lowest BCUT2D eigenvalue weighted by Crippen LogP contribution is -2.37. The highest BCUT2D eigenvalue weighted by molar-refractivity contribution is 5.38. The fourth-order valence-electron chi connectivity index (χ4n) is 2.09. The molecule has 0 saturated carbocycles. The zero-order valence-corrected chi connectivity index (χ0v) is 12.4. The van der Waals surface area contributed by atoms with E-state index in [4.69, 9.17) is 15.6 Å². The molecule has 0 heterocycles. The van der Waals surface area contributed by atoms with Gasteiger partial charge in [-0.25, -0.2) is 0 Å². The third-order valence-corrected chi connectivity index (χ3v) is 3.19. The lowest BCUT2D eigenvalue weighted by atomic mass is 10.00. The molecule has 4 heteroatoms. The maximum atomic E-state index is 8.99. The van der Waals surface area contributed by atoms with Crippen LogP contribution < -0.4 is 10.5 Å². The molecule has 0 aromatic heterocycles. The molecule has 19 heavy (non-hydrogen) atoms. The van der Waals surface area contributed by atoms with E-state index in [9.17, 15) is 0 Å². The van der Waals surface area contributed by atoms with Crippen molar-refractivity contribution in [2.75, 3.05) is 27.3 Å². The van der Waals surface area contributed by atoms with Gasteiger partial charge in [0.15, 0.2) is 0 Å². The topological polar surface area (TPSA) is 58.7 Å². The third kappa shape index (κ3) is 4.82.